The quantitative estimate of drug-likeness (QED) is 0.916. The molecule has 0 aliphatic carbocycles. The first-order valence-electron chi connectivity index (χ1n) is 6.28. The third-order valence-electron chi connectivity index (χ3n) is 3.03. The number of aliphatic hydroxyl groups is 1. The second-order valence-corrected chi connectivity index (χ2v) is 5.76. The van der Waals surface area contributed by atoms with E-state index in [4.69, 9.17) is 4.74 Å². The zero-order valence-corrected chi connectivity index (χ0v) is 12.3. The smallest absolute Gasteiger partial charge is 0.330 e. The fourth-order valence-corrected chi connectivity index (χ4v) is 2.88. The van der Waals surface area contributed by atoms with Gasteiger partial charge in [-0.25, -0.2) is 14.7 Å². The van der Waals surface area contributed by atoms with Crippen LogP contribution in [0.3, 0.4) is 0 Å². The van der Waals surface area contributed by atoms with Crippen molar-refractivity contribution in [1.29, 1.82) is 0 Å². The number of aliphatic hydroxyl groups excluding tert-OH is 1. The highest BCUT2D eigenvalue weighted by Gasteiger charge is 2.45. The summed E-state index contributed by atoms with van der Waals surface area (Å²) in [6, 6.07) is -0.296. The molecule has 2 amide bonds. The number of likely N-dealkylation sites (N-methyl/N-ethyl adjacent to an activating group) is 1. The van der Waals surface area contributed by atoms with Crippen LogP contribution in [0.1, 0.15) is 31.6 Å². The van der Waals surface area contributed by atoms with Crippen LogP contribution in [0.4, 0.5) is 9.93 Å². The maximum Gasteiger partial charge on any atom is 0.330 e. The highest BCUT2D eigenvalue weighted by Crippen LogP contribution is 2.33. The summed E-state index contributed by atoms with van der Waals surface area (Å²) in [5.41, 5.74) is 0. The highest BCUT2D eigenvalue weighted by atomic mass is 32.1. The van der Waals surface area contributed by atoms with Gasteiger partial charge in [0.05, 0.1) is 0 Å². The number of hydrogen-bond donors (Lipinski definition) is 1. The summed E-state index contributed by atoms with van der Waals surface area (Å²) in [6.45, 7) is 6.39. The Morgan fingerprint density at radius 3 is 2.79 bits per heavy atom. The molecular formula is C12H19N3O3S. The highest BCUT2D eigenvalue weighted by molar-refractivity contribution is 7.15. The molecule has 0 aromatic carbocycles. The maximum absolute atomic E-state index is 12.2. The largest absolute Gasteiger partial charge is 0.369 e. The van der Waals surface area contributed by atoms with Crippen LogP contribution in [0.2, 0.25) is 0 Å². The normalized spacial score (nSPS) is 23.8. The lowest BCUT2D eigenvalue weighted by Crippen LogP contribution is -2.38. The first kappa shape index (κ1) is 14.2. The van der Waals surface area contributed by atoms with Crippen molar-refractivity contribution in [2.75, 3.05) is 18.6 Å². The van der Waals surface area contributed by atoms with Crippen molar-refractivity contribution >= 4 is 22.5 Å². The third-order valence-corrected chi connectivity index (χ3v) is 4.33. The van der Waals surface area contributed by atoms with E-state index in [1.165, 1.54) is 21.1 Å². The predicted molar refractivity (Wildman–Crippen MR) is 73.3 cm³/mol. The van der Waals surface area contributed by atoms with Crippen LogP contribution in [0.15, 0.2) is 6.20 Å². The van der Waals surface area contributed by atoms with Crippen LogP contribution < -0.4 is 4.90 Å². The molecule has 6 nitrogen and oxygen atoms in total. The van der Waals surface area contributed by atoms with Crippen LogP contribution in [0.25, 0.3) is 0 Å². The summed E-state index contributed by atoms with van der Waals surface area (Å²) in [5.74, 6) is 0.349. The number of nitrogens with zero attached hydrogens (tertiary/aromatic N) is 3. The minimum atomic E-state index is -1.02. The predicted octanol–water partition coefficient (Wildman–Crippen LogP) is 1.82. The summed E-state index contributed by atoms with van der Waals surface area (Å²) < 4.78 is 5.39. The molecule has 1 fully saturated rings. The first-order chi connectivity index (χ1) is 8.97. The fraction of sp³-hybridized carbons (Fsp3) is 0.667. The van der Waals surface area contributed by atoms with Crippen molar-refractivity contribution in [3.05, 3.63) is 11.1 Å². The van der Waals surface area contributed by atoms with Crippen molar-refractivity contribution in [2.24, 2.45) is 0 Å². The lowest BCUT2D eigenvalue weighted by molar-refractivity contribution is -0.0687. The summed E-state index contributed by atoms with van der Waals surface area (Å²) in [4.78, 5) is 20.2. The van der Waals surface area contributed by atoms with Crippen molar-refractivity contribution in [2.45, 2.75) is 39.1 Å². The molecule has 1 aliphatic heterocycles. The molecule has 0 bridgehead atoms. The molecule has 106 valence electrons. The maximum atomic E-state index is 12.2. The van der Waals surface area contributed by atoms with Crippen LogP contribution >= 0.6 is 11.3 Å². The van der Waals surface area contributed by atoms with Crippen molar-refractivity contribution in [1.82, 2.24) is 9.88 Å². The Morgan fingerprint density at radius 2 is 2.26 bits per heavy atom. The fourth-order valence-electron chi connectivity index (χ4n) is 1.94. The van der Waals surface area contributed by atoms with Gasteiger partial charge < -0.3 is 9.84 Å². The molecule has 19 heavy (non-hydrogen) atoms. The second kappa shape index (κ2) is 5.44. The summed E-state index contributed by atoms with van der Waals surface area (Å²) in [7, 11) is 1.61. The average molecular weight is 285 g/mol. The van der Waals surface area contributed by atoms with Crippen LogP contribution in [0, 0.1) is 0 Å². The molecular weight excluding hydrogens is 266 g/mol. The van der Waals surface area contributed by atoms with E-state index in [0.717, 1.165) is 4.88 Å². The minimum absolute atomic E-state index is 0.296. The van der Waals surface area contributed by atoms with Gasteiger partial charge in [0.15, 0.2) is 17.6 Å². The van der Waals surface area contributed by atoms with E-state index in [0.29, 0.717) is 17.7 Å². The van der Waals surface area contributed by atoms with Gasteiger partial charge in [-0.15, -0.1) is 11.3 Å². The van der Waals surface area contributed by atoms with Crippen molar-refractivity contribution < 1.29 is 14.6 Å². The van der Waals surface area contributed by atoms with E-state index in [9.17, 15) is 9.90 Å². The topological polar surface area (TPSA) is 65.9 Å². The van der Waals surface area contributed by atoms with Crippen molar-refractivity contribution in [3.63, 3.8) is 0 Å². The number of ether oxygens (including phenoxy) is 1. The van der Waals surface area contributed by atoms with E-state index >= 15 is 0 Å². The number of carbonyl (C=O) groups is 1. The van der Waals surface area contributed by atoms with Gasteiger partial charge in [0.2, 0.25) is 0 Å². The van der Waals surface area contributed by atoms with Gasteiger partial charge in [0.1, 0.15) is 0 Å². The van der Waals surface area contributed by atoms with Gasteiger partial charge in [-0.05, 0) is 12.8 Å². The molecule has 2 heterocycles. The molecule has 2 atom stereocenters. The monoisotopic (exact) mass is 285 g/mol. The van der Waals surface area contributed by atoms with E-state index in [1.54, 1.807) is 13.2 Å². The number of urea groups is 1. The van der Waals surface area contributed by atoms with E-state index in [1.807, 2.05) is 6.92 Å². The Labute approximate surface area is 116 Å². The number of aromatic nitrogens is 1. The Kier molecular flexibility index (Phi) is 4.07. The molecule has 2 unspecified atom stereocenters. The van der Waals surface area contributed by atoms with Gasteiger partial charge in [-0.2, -0.15) is 0 Å². The van der Waals surface area contributed by atoms with E-state index in [-0.39, 0.29) is 6.03 Å². The van der Waals surface area contributed by atoms with Gasteiger partial charge in [-0.1, -0.05) is 13.8 Å². The van der Waals surface area contributed by atoms with Crippen molar-refractivity contribution in [3.8, 4) is 0 Å². The van der Waals surface area contributed by atoms with Crippen LogP contribution in [-0.4, -0.2) is 47.1 Å². The Hall–Kier alpha value is -1.18. The summed E-state index contributed by atoms with van der Waals surface area (Å²) >= 11 is 1.42. The molecule has 2 rings (SSSR count). The zero-order chi connectivity index (χ0) is 14.2. The molecule has 0 saturated carbocycles. The third kappa shape index (κ3) is 2.45. The van der Waals surface area contributed by atoms with Gasteiger partial charge >= 0.3 is 6.03 Å². The molecule has 7 heteroatoms. The lowest BCUT2D eigenvalue weighted by atomic mass is 10.2. The Bertz CT molecular complexity index is 463. The van der Waals surface area contributed by atoms with E-state index < -0.39 is 12.5 Å². The summed E-state index contributed by atoms with van der Waals surface area (Å²) in [6.07, 6.45) is 0.0751. The molecule has 0 spiro atoms. The molecule has 1 N–H and O–H groups in total. The molecule has 1 aliphatic rings. The first-order valence-corrected chi connectivity index (χ1v) is 7.10. The molecule has 0 radical (unpaired) electrons. The number of carbonyl (C=O) groups excluding carboxylic acids is 1. The molecule has 1 aromatic rings. The van der Waals surface area contributed by atoms with Gasteiger partial charge in [0, 0.05) is 24.7 Å². The minimum Gasteiger partial charge on any atom is -0.369 e. The van der Waals surface area contributed by atoms with Crippen LogP contribution in [-0.2, 0) is 4.74 Å². The van der Waals surface area contributed by atoms with E-state index in [2.05, 4.69) is 18.8 Å². The number of amides is 2. The Balaban J connectivity index is 2.26. The standard InChI is InChI=1S/C12H19N3O3S/c1-5-18-10-9(16)15(12(17)14(10)4)11-13-6-8(19-11)7(2)3/h6-7,9-10,16H,5H2,1-4H3. The van der Waals surface area contributed by atoms with Crippen LogP contribution in [0.5, 0.6) is 0 Å². The number of hydrogen-bond acceptors (Lipinski definition) is 5. The zero-order valence-electron chi connectivity index (χ0n) is 11.5. The molecule has 1 aromatic heterocycles. The average Bonchev–Trinajstić information content (AvgIpc) is 2.90. The lowest BCUT2D eigenvalue weighted by Gasteiger charge is -2.20. The second-order valence-electron chi connectivity index (χ2n) is 4.72. The SMILES string of the molecule is CCOC1C(O)N(c2ncc(C(C)C)s2)C(=O)N1C. The van der Waals surface area contributed by atoms with Gasteiger partial charge in [0.25, 0.3) is 0 Å². The number of thiazole rings is 1. The van der Waals surface area contributed by atoms with Gasteiger partial charge in [-0.3, -0.25) is 4.90 Å². The Morgan fingerprint density at radius 1 is 1.58 bits per heavy atom. The number of rotatable bonds is 4. The number of anilines is 1. The molecule has 1 saturated heterocycles. The summed E-state index contributed by atoms with van der Waals surface area (Å²) in [5, 5.41) is 10.7.